The summed E-state index contributed by atoms with van der Waals surface area (Å²) in [5.41, 5.74) is 1.95. The van der Waals surface area contributed by atoms with E-state index in [0.717, 1.165) is 48.4 Å². The van der Waals surface area contributed by atoms with Gasteiger partial charge in [-0.3, -0.25) is 4.99 Å². The Morgan fingerprint density at radius 2 is 2.26 bits per heavy atom. The van der Waals surface area contributed by atoms with Gasteiger partial charge in [-0.2, -0.15) is 0 Å². The third kappa shape index (κ3) is 5.01. The van der Waals surface area contributed by atoms with Crippen molar-refractivity contribution in [2.75, 3.05) is 32.1 Å². The number of aryl methyl sites for hydroxylation is 1. The van der Waals surface area contributed by atoms with Gasteiger partial charge in [0.1, 0.15) is 11.6 Å². The molecule has 1 aliphatic heterocycles. The Bertz CT molecular complexity index is 813. The second-order valence-electron chi connectivity index (χ2n) is 6.41. The van der Waals surface area contributed by atoms with E-state index in [4.69, 9.17) is 16.3 Å². The first-order valence-corrected chi connectivity index (χ1v) is 9.31. The number of aromatic nitrogens is 2. The first-order valence-electron chi connectivity index (χ1n) is 8.93. The topological polar surface area (TPSA) is 74.7 Å². The van der Waals surface area contributed by atoms with Gasteiger partial charge in [-0.25, -0.2) is 9.97 Å². The highest BCUT2D eigenvalue weighted by Gasteiger charge is 2.25. The number of guanidine groups is 1. The Labute approximate surface area is 164 Å². The number of hydrogen-bond donors (Lipinski definition) is 2. The molecule has 1 saturated heterocycles. The minimum atomic E-state index is 0.284. The summed E-state index contributed by atoms with van der Waals surface area (Å²) in [5.74, 6) is 2.36. The number of nitrogens with one attached hydrogen (secondary N) is 2. The van der Waals surface area contributed by atoms with Gasteiger partial charge in [0.2, 0.25) is 0 Å². The summed E-state index contributed by atoms with van der Waals surface area (Å²) in [4.78, 5) is 15.1. The van der Waals surface area contributed by atoms with Gasteiger partial charge in [0.05, 0.1) is 25.0 Å². The second kappa shape index (κ2) is 8.90. The van der Waals surface area contributed by atoms with Gasteiger partial charge < -0.3 is 20.3 Å². The lowest BCUT2D eigenvalue weighted by molar-refractivity contribution is 0.415. The van der Waals surface area contributed by atoms with Gasteiger partial charge in [0.15, 0.2) is 5.96 Å². The quantitative estimate of drug-likeness (QED) is 0.605. The lowest BCUT2D eigenvalue weighted by Gasteiger charge is -2.22. The Morgan fingerprint density at radius 3 is 3.00 bits per heavy atom. The zero-order chi connectivity index (χ0) is 19.2. The van der Waals surface area contributed by atoms with Crippen LogP contribution in [0.25, 0.3) is 0 Å². The molecule has 1 fully saturated rings. The van der Waals surface area contributed by atoms with Crippen LogP contribution in [0.5, 0.6) is 5.75 Å². The van der Waals surface area contributed by atoms with Crippen LogP contribution in [0, 0.1) is 6.92 Å². The fraction of sp³-hybridized carbons (Fsp3) is 0.421. The van der Waals surface area contributed by atoms with E-state index in [0.29, 0.717) is 11.6 Å². The number of anilines is 1. The van der Waals surface area contributed by atoms with E-state index < -0.39 is 0 Å². The molecular formula is C19H25ClN6O. The van der Waals surface area contributed by atoms with E-state index in [1.165, 1.54) is 0 Å². The molecule has 1 unspecified atom stereocenters. The highest BCUT2D eigenvalue weighted by molar-refractivity contribution is 6.30. The Hall–Kier alpha value is -2.54. The van der Waals surface area contributed by atoms with Crippen molar-refractivity contribution >= 4 is 23.2 Å². The van der Waals surface area contributed by atoms with Crippen LogP contribution in [0.1, 0.15) is 17.9 Å². The van der Waals surface area contributed by atoms with Crippen LogP contribution in [-0.4, -0.2) is 49.2 Å². The molecule has 0 saturated carbocycles. The number of benzene rings is 1. The molecule has 27 heavy (non-hydrogen) atoms. The normalized spacial score (nSPS) is 17.1. The lowest BCUT2D eigenvalue weighted by Crippen LogP contribution is -2.44. The maximum absolute atomic E-state index is 6.17. The fourth-order valence-electron chi connectivity index (χ4n) is 3.17. The molecule has 144 valence electrons. The van der Waals surface area contributed by atoms with Crippen molar-refractivity contribution in [3.63, 3.8) is 0 Å². The van der Waals surface area contributed by atoms with Gasteiger partial charge in [0, 0.05) is 37.4 Å². The molecule has 2 heterocycles. The van der Waals surface area contributed by atoms with Gasteiger partial charge >= 0.3 is 0 Å². The predicted octanol–water partition coefficient (Wildman–Crippen LogP) is 2.39. The van der Waals surface area contributed by atoms with Crippen LogP contribution in [0.3, 0.4) is 0 Å². The number of rotatable bonds is 5. The van der Waals surface area contributed by atoms with Crippen molar-refractivity contribution in [1.29, 1.82) is 0 Å². The van der Waals surface area contributed by atoms with E-state index in [-0.39, 0.29) is 6.04 Å². The summed E-state index contributed by atoms with van der Waals surface area (Å²) < 4.78 is 5.48. The lowest BCUT2D eigenvalue weighted by atomic mass is 10.2. The van der Waals surface area contributed by atoms with E-state index in [2.05, 4.69) is 30.5 Å². The molecule has 7 nitrogen and oxygen atoms in total. The van der Waals surface area contributed by atoms with Crippen LogP contribution in [0.2, 0.25) is 5.02 Å². The van der Waals surface area contributed by atoms with Crippen molar-refractivity contribution < 1.29 is 4.74 Å². The van der Waals surface area contributed by atoms with Gasteiger partial charge in [-0.05, 0) is 37.6 Å². The van der Waals surface area contributed by atoms with Gasteiger partial charge in [-0.1, -0.05) is 11.6 Å². The molecule has 0 bridgehead atoms. The maximum Gasteiger partial charge on any atom is 0.191 e. The highest BCUT2D eigenvalue weighted by atomic mass is 35.5. The van der Waals surface area contributed by atoms with Gasteiger partial charge in [0.25, 0.3) is 0 Å². The van der Waals surface area contributed by atoms with Crippen LogP contribution in [0.4, 0.5) is 5.69 Å². The number of hydrogen-bond acceptors (Lipinski definition) is 5. The predicted molar refractivity (Wildman–Crippen MR) is 109 cm³/mol. The summed E-state index contributed by atoms with van der Waals surface area (Å²) >= 11 is 6.17. The Morgan fingerprint density at radius 1 is 1.41 bits per heavy atom. The number of aliphatic imine (C=N–C) groups is 1. The van der Waals surface area contributed by atoms with Crippen molar-refractivity contribution in [2.45, 2.75) is 25.9 Å². The summed E-state index contributed by atoms with van der Waals surface area (Å²) in [6.45, 7) is 4.26. The van der Waals surface area contributed by atoms with Crippen LogP contribution < -0.4 is 20.3 Å². The highest BCUT2D eigenvalue weighted by Crippen LogP contribution is 2.33. The Balaban J connectivity index is 1.57. The molecule has 0 amide bonds. The first-order chi connectivity index (χ1) is 13.1. The van der Waals surface area contributed by atoms with E-state index in [9.17, 15) is 0 Å². The summed E-state index contributed by atoms with van der Waals surface area (Å²) in [5, 5.41) is 7.50. The summed E-state index contributed by atoms with van der Waals surface area (Å²) in [7, 11) is 3.45. The molecule has 0 spiro atoms. The SMILES string of the molecule is CN=C(NCc1ccnc(C)n1)NC1CCN(c2cc(Cl)ccc2OC)C1. The third-order valence-electron chi connectivity index (χ3n) is 4.50. The molecule has 8 heteroatoms. The van der Waals surface area contributed by atoms with Crippen molar-refractivity contribution in [3.8, 4) is 5.75 Å². The number of halogens is 1. The molecule has 0 radical (unpaired) electrons. The molecule has 1 aliphatic rings. The summed E-state index contributed by atoms with van der Waals surface area (Å²) in [6, 6.07) is 7.88. The molecule has 3 rings (SSSR count). The minimum Gasteiger partial charge on any atom is -0.495 e. The standard InChI is InChI=1S/C19H25ClN6O/c1-13-22-8-6-15(24-13)11-23-19(21-2)25-16-7-9-26(12-16)17-10-14(20)4-5-18(17)27-3/h4-6,8,10,16H,7,9,11-12H2,1-3H3,(H2,21,23,25). The largest absolute Gasteiger partial charge is 0.495 e. The summed E-state index contributed by atoms with van der Waals surface area (Å²) in [6.07, 6.45) is 2.77. The molecule has 1 aromatic carbocycles. The zero-order valence-corrected chi connectivity index (χ0v) is 16.6. The van der Waals surface area contributed by atoms with Crippen LogP contribution in [0.15, 0.2) is 35.5 Å². The van der Waals surface area contributed by atoms with Crippen molar-refractivity contribution in [1.82, 2.24) is 20.6 Å². The van der Waals surface area contributed by atoms with E-state index in [1.807, 2.05) is 31.2 Å². The van der Waals surface area contributed by atoms with E-state index in [1.54, 1.807) is 20.4 Å². The third-order valence-corrected chi connectivity index (χ3v) is 4.74. The maximum atomic E-state index is 6.17. The molecule has 0 aliphatic carbocycles. The zero-order valence-electron chi connectivity index (χ0n) is 15.9. The molecule has 2 N–H and O–H groups in total. The van der Waals surface area contributed by atoms with Crippen molar-refractivity contribution in [2.24, 2.45) is 4.99 Å². The average Bonchev–Trinajstić information content (AvgIpc) is 3.13. The van der Waals surface area contributed by atoms with Crippen molar-refractivity contribution in [3.05, 3.63) is 47.0 Å². The molecular weight excluding hydrogens is 364 g/mol. The second-order valence-corrected chi connectivity index (χ2v) is 6.85. The van der Waals surface area contributed by atoms with Crippen LogP contribution >= 0.6 is 11.6 Å². The van der Waals surface area contributed by atoms with Crippen LogP contribution in [-0.2, 0) is 6.54 Å². The molecule has 1 aromatic heterocycles. The number of methoxy groups -OCH3 is 1. The van der Waals surface area contributed by atoms with E-state index >= 15 is 0 Å². The molecule has 2 aromatic rings. The molecule has 1 atom stereocenters. The smallest absolute Gasteiger partial charge is 0.191 e. The minimum absolute atomic E-state index is 0.284. The number of ether oxygens (including phenoxy) is 1. The monoisotopic (exact) mass is 388 g/mol. The van der Waals surface area contributed by atoms with Gasteiger partial charge in [-0.15, -0.1) is 0 Å². The Kier molecular flexibility index (Phi) is 6.34. The fourth-order valence-corrected chi connectivity index (χ4v) is 3.34. The first kappa shape index (κ1) is 19.2. The number of nitrogens with zero attached hydrogens (tertiary/aromatic N) is 4. The average molecular weight is 389 g/mol.